The van der Waals surface area contributed by atoms with Crippen molar-refractivity contribution in [1.29, 1.82) is 0 Å². The van der Waals surface area contributed by atoms with Gasteiger partial charge in [-0.25, -0.2) is 0 Å². The van der Waals surface area contributed by atoms with E-state index in [9.17, 15) is 0 Å². The van der Waals surface area contributed by atoms with Gasteiger partial charge in [0.25, 0.3) is 0 Å². The lowest BCUT2D eigenvalue weighted by molar-refractivity contribution is 0.830. The second-order valence-electron chi connectivity index (χ2n) is 4.90. The molecule has 0 amide bonds. The van der Waals surface area contributed by atoms with Gasteiger partial charge in [-0.05, 0) is 36.8 Å². The molecule has 1 rings (SSSR count). The Bertz CT molecular complexity index is 433. The molecular formula is C18H24. The highest BCUT2D eigenvalue weighted by Crippen LogP contribution is 2.21. The average Bonchev–Trinajstić information content (AvgIpc) is 2.37. The first-order valence-corrected chi connectivity index (χ1v) is 6.70. The van der Waals surface area contributed by atoms with Crippen LogP contribution in [0.3, 0.4) is 0 Å². The summed E-state index contributed by atoms with van der Waals surface area (Å²) in [6, 6.07) is 8.72. The van der Waals surface area contributed by atoms with Crippen molar-refractivity contribution in [3.05, 3.63) is 71.8 Å². The minimum atomic E-state index is 0.591. The van der Waals surface area contributed by atoms with Crippen molar-refractivity contribution < 1.29 is 0 Å². The van der Waals surface area contributed by atoms with Gasteiger partial charge in [0, 0.05) is 0 Å². The SMILES string of the molecule is C=C(/C=C\C=C/C)CCc1ccccc1C(C)C. The molecule has 0 heteroatoms. The van der Waals surface area contributed by atoms with Gasteiger partial charge in [0.2, 0.25) is 0 Å². The molecule has 0 saturated carbocycles. The third-order valence-electron chi connectivity index (χ3n) is 3.03. The maximum absolute atomic E-state index is 4.10. The number of benzene rings is 1. The summed E-state index contributed by atoms with van der Waals surface area (Å²) in [6.07, 6.45) is 10.3. The topological polar surface area (TPSA) is 0 Å². The number of aryl methyl sites for hydroxylation is 1. The van der Waals surface area contributed by atoms with Crippen molar-refractivity contribution in [3.8, 4) is 0 Å². The van der Waals surface area contributed by atoms with E-state index < -0.39 is 0 Å². The van der Waals surface area contributed by atoms with Crippen LogP contribution >= 0.6 is 0 Å². The van der Waals surface area contributed by atoms with Crippen molar-refractivity contribution in [3.63, 3.8) is 0 Å². The molecule has 0 aliphatic rings. The molecule has 96 valence electrons. The Morgan fingerprint density at radius 1 is 1.22 bits per heavy atom. The van der Waals surface area contributed by atoms with E-state index in [0.29, 0.717) is 5.92 Å². The summed E-state index contributed by atoms with van der Waals surface area (Å²) in [5.74, 6) is 0.591. The van der Waals surface area contributed by atoms with Crippen LogP contribution in [0.5, 0.6) is 0 Å². The first-order valence-electron chi connectivity index (χ1n) is 6.70. The molecule has 0 atom stereocenters. The molecule has 1 aromatic rings. The largest absolute Gasteiger partial charge is 0.0958 e. The zero-order valence-electron chi connectivity index (χ0n) is 11.8. The molecule has 0 radical (unpaired) electrons. The Balaban J connectivity index is 2.61. The van der Waals surface area contributed by atoms with Gasteiger partial charge in [-0.2, -0.15) is 0 Å². The summed E-state index contributed by atoms with van der Waals surface area (Å²) in [5.41, 5.74) is 4.10. The molecule has 0 unspecified atom stereocenters. The second kappa shape index (κ2) is 7.71. The summed E-state index contributed by atoms with van der Waals surface area (Å²) >= 11 is 0. The average molecular weight is 240 g/mol. The van der Waals surface area contributed by atoms with E-state index in [1.54, 1.807) is 0 Å². The lowest BCUT2D eigenvalue weighted by atomic mass is 9.93. The maximum atomic E-state index is 4.10. The number of hydrogen-bond donors (Lipinski definition) is 0. The monoisotopic (exact) mass is 240 g/mol. The zero-order valence-corrected chi connectivity index (χ0v) is 11.8. The van der Waals surface area contributed by atoms with Crippen LogP contribution in [-0.4, -0.2) is 0 Å². The van der Waals surface area contributed by atoms with Gasteiger partial charge in [0.15, 0.2) is 0 Å². The summed E-state index contributed by atoms with van der Waals surface area (Å²) in [7, 11) is 0. The molecule has 0 heterocycles. The molecule has 0 fully saturated rings. The van der Waals surface area contributed by atoms with Gasteiger partial charge in [0.05, 0.1) is 0 Å². The number of allylic oxidation sites excluding steroid dienone is 5. The highest BCUT2D eigenvalue weighted by Gasteiger charge is 2.05. The molecule has 18 heavy (non-hydrogen) atoms. The van der Waals surface area contributed by atoms with E-state index in [0.717, 1.165) is 12.8 Å². The maximum Gasteiger partial charge on any atom is -0.0216 e. The molecule has 0 bridgehead atoms. The fourth-order valence-corrected chi connectivity index (χ4v) is 2.01. The molecular weight excluding hydrogens is 216 g/mol. The van der Waals surface area contributed by atoms with Crippen molar-refractivity contribution in [2.24, 2.45) is 0 Å². The summed E-state index contributed by atoms with van der Waals surface area (Å²) < 4.78 is 0. The van der Waals surface area contributed by atoms with E-state index >= 15 is 0 Å². The van der Waals surface area contributed by atoms with Gasteiger partial charge in [0.1, 0.15) is 0 Å². The highest BCUT2D eigenvalue weighted by atomic mass is 14.1. The van der Waals surface area contributed by atoms with Gasteiger partial charge in [-0.15, -0.1) is 0 Å². The Hall–Kier alpha value is -1.56. The minimum absolute atomic E-state index is 0.591. The van der Waals surface area contributed by atoms with Gasteiger partial charge >= 0.3 is 0 Å². The van der Waals surface area contributed by atoms with Gasteiger partial charge in [-0.1, -0.05) is 74.6 Å². The quantitative estimate of drug-likeness (QED) is 0.581. The van der Waals surface area contributed by atoms with Crippen molar-refractivity contribution in [1.82, 2.24) is 0 Å². The van der Waals surface area contributed by atoms with E-state index in [1.807, 2.05) is 19.1 Å². The molecule has 0 spiro atoms. The van der Waals surface area contributed by atoms with Gasteiger partial charge in [-0.3, -0.25) is 0 Å². The van der Waals surface area contributed by atoms with Crippen molar-refractivity contribution in [2.75, 3.05) is 0 Å². The fraction of sp³-hybridized carbons (Fsp3) is 0.333. The summed E-state index contributed by atoms with van der Waals surface area (Å²) in [6.45, 7) is 10.6. The van der Waals surface area contributed by atoms with Crippen LogP contribution in [0, 0.1) is 0 Å². The zero-order chi connectivity index (χ0) is 13.4. The Labute approximate surface area is 112 Å². The van der Waals surface area contributed by atoms with Crippen LogP contribution in [0.25, 0.3) is 0 Å². The van der Waals surface area contributed by atoms with E-state index in [-0.39, 0.29) is 0 Å². The van der Waals surface area contributed by atoms with Crippen LogP contribution in [0.15, 0.2) is 60.7 Å². The van der Waals surface area contributed by atoms with Crippen LogP contribution < -0.4 is 0 Å². The molecule has 0 N–H and O–H groups in total. The molecule has 0 aliphatic heterocycles. The molecule has 0 aromatic heterocycles. The molecule has 0 nitrogen and oxygen atoms in total. The fourth-order valence-electron chi connectivity index (χ4n) is 2.01. The van der Waals surface area contributed by atoms with Crippen LogP contribution in [-0.2, 0) is 6.42 Å². The van der Waals surface area contributed by atoms with Crippen molar-refractivity contribution in [2.45, 2.75) is 39.5 Å². The van der Waals surface area contributed by atoms with E-state index in [4.69, 9.17) is 0 Å². The Morgan fingerprint density at radius 2 is 1.94 bits per heavy atom. The minimum Gasteiger partial charge on any atom is -0.0958 e. The third kappa shape index (κ3) is 4.75. The third-order valence-corrected chi connectivity index (χ3v) is 3.03. The normalized spacial score (nSPS) is 11.8. The first kappa shape index (κ1) is 14.5. The van der Waals surface area contributed by atoms with Crippen LogP contribution in [0.4, 0.5) is 0 Å². The first-order chi connectivity index (χ1) is 8.65. The standard InChI is InChI=1S/C18H24/c1-5-6-7-10-16(4)13-14-17-11-8-9-12-18(17)15(2)3/h5-12,15H,4,13-14H2,1-3H3/b6-5-,10-7-. The second-order valence-corrected chi connectivity index (χ2v) is 4.90. The number of hydrogen-bond acceptors (Lipinski definition) is 0. The smallest absolute Gasteiger partial charge is 0.0216 e. The van der Waals surface area contributed by atoms with Gasteiger partial charge < -0.3 is 0 Å². The Kier molecular flexibility index (Phi) is 6.21. The number of rotatable bonds is 6. The van der Waals surface area contributed by atoms with E-state index in [2.05, 4.69) is 56.8 Å². The lowest BCUT2D eigenvalue weighted by Crippen LogP contribution is -1.96. The lowest BCUT2D eigenvalue weighted by Gasteiger charge is -2.12. The molecule has 0 aliphatic carbocycles. The van der Waals surface area contributed by atoms with Crippen LogP contribution in [0.2, 0.25) is 0 Å². The summed E-state index contributed by atoms with van der Waals surface area (Å²) in [5, 5.41) is 0. The predicted octanol–water partition coefficient (Wildman–Crippen LogP) is 5.43. The molecule has 0 saturated heterocycles. The van der Waals surface area contributed by atoms with E-state index in [1.165, 1.54) is 16.7 Å². The summed E-state index contributed by atoms with van der Waals surface area (Å²) in [4.78, 5) is 0. The van der Waals surface area contributed by atoms with Crippen molar-refractivity contribution >= 4 is 0 Å². The Morgan fingerprint density at radius 3 is 2.61 bits per heavy atom. The molecule has 1 aromatic carbocycles. The van der Waals surface area contributed by atoms with Crippen LogP contribution in [0.1, 0.15) is 44.2 Å². The highest BCUT2D eigenvalue weighted by molar-refractivity contribution is 5.31. The predicted molar refractivity (Wildman–Crippen MR) is 81.9 cm³/mol.